The van der Waals surface area contributed by atoms with Gasteiger partial charge in [-0.25, -0.2) is 4.79 Å². The van der Waals surface area contributed by atoms with Gasteiger partial charge in [0.05, 0.1) is 34.4 Å². The average Bonchev–Trinajstić information content (AvgIpc) is 2.83. The van der Waals surface area contributed by atoms with Crippen molar-refractivity contribution >= 4 is 34.8 Å². The predicted octanol–water partition coefficient (Wildman–Crippen LogP) is 5.13. The highest BCUT2D eigenvalue weighted by Gasteiger charge is 2.32. The second-order valence-corrected chi connectivity index (χ2v) is 7.64. The highest BCUT2D eigenvalue weighted by atomic mass is 19.4. The number of carbonyl (C=O) groups is 3. The van der Waals surface area contributed by atoms with Crippen LogP contribution in [0.2, 0.25) is 0 Å². The zero-order chi connectivity index (χ0) is 27.5. The van der Waals surface area contributed by atoms with Gasteiger partial charge in [-0.3, -0.25) is 19.7 Å². The Morgan fingerprint density at radius 1 is 0.946 bits per heavy atom. The van der Waals surface area contributed by atoms with Crippen LogP contribution in [0.5, 0.6) is 5.75 Å². The van der Waals surface area contributed by atoms with Crippen molar-refractivity contribution in [2.24, 2.45) is 0 Å². The summed E-state index contributed by atoms with van der Waals surface area (Å²) in [6.45, 7) is 1.25. The number of hydrogen-bond acceptors (Lipinski definition) is 6. The Morgan fingerprint density at radius 3 is 2.24 bits per heavy atom. The van der Waals surface area contributed by atoms with Crippen molar-refractivity contribution in [3.63, 3.8) is 0 Å². The molecule has 0 aliphatic rings. The largest absolute Gasteiger partial charge is 0.495 e. The summed E-state index contributed by atoms with van der Waals surface area (Å²) in [5.41, 5.74) is -2.85. The number of benzene rings is 3. The van der Waals surface area contributed by atoms with Gasteiger partial charge in [0.15, 0.2) is 0 Å². The van der Waals surface area contributed by atoms with Crippen molar-refractivity contribution in [3.8, 4) is 5.75 Å². The van der Waals surface area contributed by atoms with Crippen molar-refractivity contribution in [1.82, 2.24) is 0 Å². The number of amides is 2. The molecule has 0 spiro atoms. The minimum absolute atomic E-state index is 0.0553. The molecule has 10 nitrogen and oxygen atoms in total. The lowest BCUT2D eigenvalue weighted by Gasteiger charge is -2.14. The number of rotatable bonds is 7. The van der Waals surface area contributed by atoms with Gasteiger partial charge in [-0.15, -0.1) is 0 Å². The maximum absolute atomic E-state index is 13.2. The van der Waals surface area contributed by atoms with Gasteiger partial charge in [0.1, 0.15) is 5.75 Å². The van der Waals surface area contributed by atoms with Gasteiger partial charge in [0.25, 0.3) is 17.5 Å². The van der Waals surface area contributed by atoms with E-state index in [4.69, 9.17) is 4.74 Å². The third-order valence-corrected chi connectivity index (χ3v) is 5.20. The van der Waals surface area contributed by atoms with E-state index in [0.29, 0.717) is 0 Å². The van der Waals surface area contributed by atoms with E-state index in [1.165, 1.54) is 26.2 Å². The van der Waals surface area contributed by atoms with Crippen LogP contribution in [0, 0.1) is 17.0 Å². The first kappa shape index (κ1) is 26.7. The molecule has 3 rings (SSSR count). The number of carbonyl (C=O) groups excluding carboxylic acids is 2. The van der Waals surface area contributed by atoms with E-state index in [-0.39, 0.29) is 33.9 Å². The Kier molecular flexibility index (Phi) is 7.46. The fraction of sp³-hybridized carbons (Fsp3) is 0.125. The molecule has 37 heavy (non-hydrogen) atoms. The van der Waals surface area contributed by atoms with Gasteiger partial charge in [0, 0.05) is 23.4 Å². The Hall–Kier alpha value is -4.94. The maximum atomic E-state index is 13.2. The number of ether oxygens (including phenoxy) is 1. The van der Waals surface area contributed by atoms with E-state index < -0.39 is 45.6 Å². The summed E-state index contributed by atoms with van der Waals surface area (Å²) in [7, 11) is 1.28. The topological polar surface area (TPSA) is 148 Å². The van der Waals surface area contributed by atoms with Crippen LogP contribution in [0.3, 0.4) is 0 Å². The third kappa shape index (κ3) is 6.01. The molecule has 0 aromatic heterocycles. The quantitative estimate of drug-likeness (QED) is 0.291. The number of methoxy groups -OCH3 is 1. The molecule has 0 saturated carbocycles. The van der Waals surface area contributed by atoms with Crippen LogP contribution in [0.25, 0.3) is 0 Å². The second kappa shape index (κ2) is 10.4. The van der Waals surface area contributed by atoms with E-state index in [9.17, 15) is 42.8 Å². The molecule has 192 valence electrons. The number of non-ortho nitro benzene ring substituents is 1. The molecule has 0 aliphatic heterocycles. The summed E-state index contributed by atoms with van der Waals surface area (Å²) in [6.07, 6.45) is -4.66. The molecule has 0 radical (unpaired) electrons. The molecule has 0 bridgehead atoms. The standard InChI is InChI=1S/C24H18F3N3O7/c1-12-3-5-14(10-18(12)24(25,26)27)28-22(32)16-7-4-13(9-17(16)23(33)34)21(31)29-19-11-15(30(35)36)6-8-20(19)37-2/h3-11H,1-2H3,(H,28,32)(H,29,31)(H,33,34). The predicted molar refractivity (Wildman–Crippen MR) is 125 cm³/mol. The fourth-order valence-corrected chi connectivity index (χ4v) is 3.37. The van der Waals surface area contributed by atoms with Gasteiger partial charge in [-0.1, -0.05) is 6.07 Å². The van der Waals surface area contributed by atoms with Crippen molar-refractivity contribution in [2.45, 2.75) is 13.1 Å². The van der Waals surface area contributed by atoms with Gasteiger partial charge in [-0.05, 0) is 48.9 Å². The first-order chi connectivity index (χ1) is 17.3. The monoisotopic (exact) mass is 517 g/mol. The van der Waals surface area contributed by atoms with Gasteiger partial charge >= 0.3 is 12.1 Å². The highest BCUT2D eigenvalue weighted by molar-refractivity contribution is 6.13. The Bertz CT molecular complexity index is 1420. The lowest BCUT2D eigenvalue weighted by Crippen LogP contribution is -2.19. The fourth-order valence-electron chi connectivity index (χ4n) is 3.37. The number of carboxylic acids is 1. The van der Waals surface area contributed by atoms with Gasteiger partial charge in [-0.2, -0.15) is 13.2 Å². The van der Waals surface area contributed by atoms with Crippen molar-refractivity contribution in [1.29, 1.82) is 0 Å². The summed E-state index contributed by atoms with van der Waals surface area (Å²) in [6, 6.07) is 9.63. The molecular formula is C24H18F3N3O7. The number of nitro benzene ring substituents is 1. The van der Waals surface area contributed by atoms with Gasteiger partial charge < -0.3 is 20.5 Å². The van der Waals surface area contributed by atoms with E-state index in [0.717, 1.165) is 42.5 Å². The summed E-state index contributed by atoms with van der Waals surface area (Å²) in [4.78, 5) is 47.6. The van der Waals surface area contributed by atoms with Gasteiger partial charge in [0.2, 0.25) is 0 Å². The molecule has 0 heterocycles. The molecule has 0 atom stereocenters. The molecule has 3 N–H and O–H groups in total. The van der Waals surface area contributed by atoms with E-state index in [2.05, 4.69) is 10.6 Å². The van der Waals surface area contributed by atoms with E-state index >= 15 is 0 Å². The van der Waals surface area contributed by atoms with Crippen molar-refractivity contribution in [2.75, 3.05) is 17.7 Å². The van der Waals surface area contributed by atoms with Crippen LogP contribution < -0.4 is 15.4 Å². The van der Waals surface area contributed by atoms with Crippen molar-refractivity contribution < 1.29 is 42.3 Å². The molecule has 0 unspecified atom stereocenters. The Balaban J connectivity index is 1.90. The first-order valence-corrected chi connectivity index (χ1v) is 10.3. The number of alkyl halides is 3. The minimum Gasteiger partial charge on any atom is -0.495 e. The normalized spacial score (nSPS) is 10.9. The minimum atomic E-state index is -4.66. The van der Waals surface area contributed by atoms with Crippen LogP contribution in [0.15, 0.2) is 54.6 Å². The summed E-state index contributed by atoms with van der Waals surface area (Å²) < 4.78 is 44.6. The molecule has 2 amide bonds. The summed E-state index contributed by atoms with van der Waals surface area (Å²) in [5, 5.41) is 25.2. The SMILES string of the molecule is COc1ccc([N+](=O)[O-])cc1NC(=O)c1ccc(C(=O)Nc2ccc(C)c(C(F)(F)F)c2)c(C(=O)O)c1. The number of nitrogens with zero attached hydrogens (tertiary/aromatic N) is 1. The molecular weight excluding hydrogens is 499 g/mol. The van der Waals surface area contributed by atoms with Crippen molar-refractivity contribution in [3.05, 3.63) is 92.5 Å². The lowest BCUT2D eigenvalue weighted by atomic mass is 10.0. The smallest absolute Gasteiger partial charge is 0.416 e. The zero-order valence-electron chi connectivity index (χ0n) is 19.2. The van der Waals surface area contributed by atoms with E-state index in [1.807, 2.05) is 0 Å². The number of hydrogen-bond donors (Lipinski definition) is 3. The molecule has 0 fully saturated rings. The van der Waals surface area contributed by atoms with Crippen LogP contribution >= 0.6 is 0 Å². The summed E-state index contributed by atoms with van der Waals surface area (Å²) >= 11 is 0. The Morgan fingerprint density at radius 2 is 1.65 bits per heavy atom. The number of anilines is 2. The number of nitro groups is 1. The van der Waals surface area contributed by atoms with E-state index in [1.54, 1.807) is 0 Å². The molecule has 0 aliphatic carbocycles. The van der Waals surface area contributed by atoms with Crippen LogP contribution in [-0.2, 0) is 6.18 Å². The van der Waals surface area contributed by atoms with Crippen LogP contribution in [-0.4, -0.2) is 34.9 Å². The number of nitrogens with one attached hydrogen (secondary N) is 2. The van der Waals surface area contributed by atoms with Crippen LogP contribution in [0.4, 0.5) is 30.2 Å². The molecule has 3 aromatic rings. The number of carboxylic acid groups (broad SMARTS) is 1. The van der Waals surface area contributed by atoms with Crippen LogP contribution in [0.1, 0.15) is 42.2 Å². The molecule has 0 saturated heterocycles. The average molecular weight is 517 g/mol. The Labute approximate surface area is 206 Å². The third-order valence-electron chi connectivity index (χ3n) is 5.20. The maximum Gasteiger partial charge on any atom is 0.416 e. The molecule has 13 heteroatoms. The second-order valence-electron chi connectivity index (χ2n) is 7.64. The zero-order valence-corrected chi connectivity index (χ0v) is 19.2. The number of halogens is 3. The first-order valence-electron chi connectivity index (χ1n) is 10.3. The highest BCUT2D eigenvalue weighted by Crippen LogP contribution is 2.34. The summed E-state index contributed by atoms with van der Waals surface area (Å²) in [5.74, 6) is -3.35. The number of aromatic carboxylic acids is 1. The molecule has 3 aromatic carbocycles. The number of aryl methyl sites for hydroxylation is 1. The lowest BCUT2D eigenvalue weighted by molar-refractivity contribution is -0.384.